The number of nitrogens with one attached hydrogen (secondary N) is 1. The molecule has 0 spiro atoms. The Kier molecular flexibility index (Phi) is 3.81. The van der Waals surface area contributed by atoms with Gasteiger partial charge in [-0.2, -0.15) is 0 Å². The predicted molar refractivity (Wildman–Crippen MR) is 55.7 cm³/mol. The number of carbonyl (C=O) groups is 1. The Balaban J connectivity index is 2.25. The van der Waals surface area contributed by atoms with Gasteiger partial charge in [0.05, 0.1) is 0 Å². The molecule has 0 aromatic rings. The molecular formula is C11H20NO2+. The monoisotopic (exact) mass is 198 g/mol. The molecule has 0 saturated carbocycles. The van der Waals surface area contributed by atoms with Crippen molar-refractivity contribution in [3.8, 4) is 0 Å². The van der Waals surface area contributed by atoms with Gasteiger partial charge in [-0.1, -0.05) is 0 Å². The van der Waals surface area contributed by atoms with E-state index in [9.17, 15) is 4.79 Å². The van der Waals surface area contributed by atoms with E-state index in [1.807, 2.05) is 0 Å². The lowest BCUT2D eigenvalue weighted by atomic mass is 9.95. The number of rotatable bonds is 3. The Hall–Kier alpha value is -0.700. The average molecular weight is 198 g/mol. The fraction of sp³-hybridized carbons (Fsp3) is 0.818. The van der Waals surface area contributed by atoms with Crippen LogP contribution in [0.15, 0.2) is 0 Å². The lowest BCUT2D eigenvalue weighted by molar-refractivity contribution is -0.154. The summed E-state index contributed by atoms with van der Waals surface area (Å²) in [6.45, 7) is 9.39. The van der Waals surface area contributed by atoms with Crippen LogP contribution in [-0.4, -0.2) is 24.7 Å². The van der Waals surface area contributed by atoms with Crippen molar-refractivity contribution >= 4 is 5.97 Å². The average Bonchev–Trinajstić information content (AvgIpc) is 2.02. The van der Waals surface area contributed by atoms with Crippen LogP contribution in [0, 0.1) is 12.8 Å². The number of ether oxygens (including phenoxy) is 1. The van der Waals surface area contributed by atoms with Crippen molar-refractivity contribution in [3.05, 3.63) is 6.92 Å². The molecule has 3 nitrogen and oxygen atoms in total. The van der Waals surface area contributed by atoms with Crippen LogP contribution < -0.4 is 5.32 Å². The molecule has 1 heterocycles. The summed E-state index contributed by atoms with van der Waals surface area (Å²) in [5, 5.41) is 3.27. The van der Waals surface area contributed by atoms with E-state index in [1.54, 1.807) is 13.8 Å². The SMILES string of the molecule is [CH2+]C(C)(C)OC(=O)CC1CCNCC1. The molecule has 14 heavy (non-hydrogen) atoms. The molecule has 1 N–H and O–H groups in total. The predicted octanol–water partition coefficient (Wildman–Crippen LogP) is 1.53. The van der Waals surface area contributed by atoms with Gasteiger partial charge >= 0.3 is 5.97 Å². The number of hydrogen-bond acceptors (Lipinski definition) is 3. The maximum absolute atomic E-state index is 11.4. The van der Waals surface area contributed by atoms with Crippen molar-refractivity contribution in [2.45, 2.75) is 38.7 Å². The zero-order chi connectivity index (χ0) is 10.6. The molecule has 0 unspecified atom stereocenters. The highest BCUT2D eigenvalue weighted by Crippen LogP contribution is 2.18. The Bertz CT molecular complexity index is 190. The zero-order valence-corrected chi connectivity index (χ0v) is 9.14. The lowest BCUT2D eigenvalue weighted by Crippen LogP contribution is -2.31. The van der Waals surface area contributed by atoms with E-state index in [-0.39, 0.29) is 5.97 Å². The van der Waals surface area contributed by atoms with Gasteiger partial charge in [0, 0.05) is 20.3 Å². The first kappa shape index (κ1) is 11.4. The molecule has 0 amide bonds. The van der Waals surface area contributed by atoms with Crippen LogP contribution in [0.4, 0.5) is 0 Å². The normalized spacial score (nSPS) is 19.3. The van der Waals surface area contributed by atoms with Crippen molar-refractivity contribution in [3.63, 3.8) is 0 Å². The van der Waals surface area contributed by atoms with E-state index in [0.717, 1.165) is 25.9 Å². The fourth-order valence-electron chi connectivity index (χ4n) is 1.67. The molecule has 0 radical (unpaired) electrons. The van der Waals surface area contributed by atoms with E-state index >= 15 is 0 Å². The highest BCUT2D eigenvalue weighted by molar-refractivity contribution is 5.70. The number of hydrogen-bond donors (Lipinski definition) is 1. The largest absolute Gasteiger partial charge is 0.419 e. The maximum atomic E-state index is 11.4. The maximum Gasteiger partial charge on any atom is 0.309 e. The minimum absolute atomic E-state index is 0.114. The second-order valence-electron chi connectivity index (χ2n) is 4.63. The first-order valence-electron chi connectivity index (χ1n) is 5.25. The highest BCUT2D eigenvalue weighted by atomic mass is 16.6. The second-order valence-corrected chi connectivity index (χ2v) is 4.63. The molecule has 0 atom stereocenters. The molecule has 1 rings (SSSR count). The third-order valence-electron chi connectivity index (χ3n) is 2.30. The molecule has 1 fully saturated rings. The molecule has 3 heteroatoms. The molecular weight excluding hydrogens is 178 g/mol. The van der Waals surface area contributed by atoms with E-state index in [2.05, 4.69) is 12.2 Å². The number of esters is 1. The minimum Gasteiger partial charge on any atom is -0.419 e. The number of carbonyl (C=O) groups excluding carboxylic acids is 1. The first-order chi connectivity index (χ1) is 6.47. The lowest BCUT2D eigenvalue weighted by Gasteiger charge is -2.22. The van der Waals surface area contributed by atoms with Crippen molar-refractivity contribution in [2.24, 2.45) is 5.92 Å². The topological polar surface area (TPSA) is 38.3 Å². The zero-order valence-electron chi connectivity index (χ0n) is 9.14. The van der Waals surface area contributed by atoms with Gasteiger partial charge in [-0.25, -0.2) is 0 Å². The van der Waals surface area contributed by atoms with Gasteiger partial charge < -0.3 is 10.1 Å². The van der Waals surface area contributed by atoms with Crippen LogP contribution in [-0.2, 0) is 9.53 Å². The second kappa shape index (κ2) is 4.69. The van der Waals surface area contributed by atoms with Crippen LogP contribution in [0.2, 0.25) is 0 Å². The summed E-state index contributed by atoms with van der Waals surface area (Å²) in [5.41, 5.74) is -0.593. The Morgan fingerprint density at radius 2 is 2.07 bits per heavy atom. The van der Waals surface area contributed by atoms with Crippen molar-refractivity contribution in [1.82, 2.24) is 5.32 Å². The van der Waals surface area contributed by atoms with Crippen molar-refractivity contribution in [2.75, 3.05) is 13.1 Å². The van der Waals surface area contributed by atoms with Gasteiger partial charge in [0.25, 0.3) is 0 Å². The Morgan fingerprint density at radius 3 is 2.57 bits per heavy atom. The van der Waals surface area contributed by atoms with E-state index < -0.39 is 5.60 Å². The molecule has 0 bridgehead atoms. The first-order valence-corrected chi connectivity index (χ1v) is 5.25. The summed E-state index contributed by atoms with van der Waals surface area (Å²) in [6.07, 6.45) is 2.69. The van der Waals surface area contributed by atoms with Crippen LogP contribution in [0.5, 0.6) is 0 Å². The summed E-state index contributed by atoms with van der Waals surface area (Å²) in [6, 6.07) is 0. The van der Waals surface area contributed by atoms with Crippen LogP contribution in [0.25, 0.3) is 0 Å². The van der Waals surface area contributed by atoms with Crippen LogP contribution >= 0.6 is 0 Å². The summed E-state index contributed by atoms with van der Waals surface area (Å²) < 4.78 is 5.17. The van der Waals surface area contributed by atoms with Crippen LogP contribution in [0.3, 0.4) is 0 Å². The molecule has 1 saturated heterocycles. The highest BCUT2D eigenvalue weighted by Gasteiger charge is 2.25. The van der Waals surface area contributed by atoms with Gasteiger partial charge in [-0.05, 0) is 31.8 Å². The molecule has 1 aliphatic rings. The molecule has 80 valence electrons. The van der Waals surface area contributed by atoms with E-state index in [0.29, 0.717) is 12.3 Å². The quantitative estimate of drug-likeness (QED) is 0.552. The molecule has 1 aliphatic heterocycles. The summed E-state index contributed by atoms with van der Waals surface area (Å²) >= 11 is 0. The van der Waals surface area contributed by atoms with Gasteiger partial charge in [0.15, 0.2) is 0 Å². The van der Waals surface area contributed by atoms with Gasteiger partial charge in [0.2, 0.25) is 5.60 Å². The molecule has 0 aromatic carbocycles. The smallest absolute Gasteiger partial charge is 0.309 e. The third kappa shape index (κ3) is 4.51. The van der Waals surface area contributed by atoms with Gasteiger partial charge in [-0.3, -0.25) is 4.79 Å². The Morgan fingerprint density at radius 1 is 1.50 bits per heavy atom. The third-order valence-corrected chi connectivity index (χ3v) is 2.30. The molecule has 0 aromatic heterocycles. The minimum atomic E-state index is -0.593. The van der Waals surface area contributed by atoms with Crippen molar-refractivity contribution < 1.29 is 9.53 Å². The summed E-state index contributed by atoms with van der Waals surface area (Å²) in [5.74, 6) is 0.378. The van der Waals surface area contributed by atoms with E-state index in [1.165, 1.54) is 0 Å². The summed E-state index contributed by atoms with van der Waals surface area (Å²) in [4.78, 5) is 11.4. The van der Waals surface area contributed by atoms with Gasteiger partial charge in [-0.15, -0.1) is 0 Å². The van der Waals surface area contributed by atoms with Crippen LogP contribution in [0.1, 0.15) is 33.1 Å². The summed E-state index contributed by atoms with van der Waals surface area (Å²) in [7, 11) is 0. The molecule has 0 aliphatic carbocycles. The van der Waals surface area contributed by atoms with E-state index in [4.69, 9.17) is 4.74 Å². The Labute approximate surface area is 86.2 Å². The number of piperidine rings is 1. The fourth-order valence-corrected chi connectivity index (χ4v) is 1.67. The van der Waals surface area contributed by atoms with Crippen molar-refractivity contribution in [1.29, 1.82) is 0 Å². The van der Waals surface area contributed by atoms with Gasteiger partial charge in [0.1, 0.15) is 6.92 Å². The standard InChI is InChI=1S/C11H20NO2/c1-11(2,3)14-10(13)8-9-4-6-12-7-5-9/h9,12H,1,4-8H2,2-3H3/q+1.